The first-order valence-electron chi connectivity index (χ1n) is 15.7. The summed E-state index contributed by atoms with van der Waals surface area (Å²) in [7, 11) is 0. The average molecular weight is 524 g/mol. The smallest absolute Gasteiger partial charge is 0.157 e. The zero-order chi connectivity index (χ0) is 26.7. The number of ether oxygens (including phenoxy) is 3. The van der Waals surface area contributed by atoms with Crippen molar-refractivity contribution in [3.63, 3.8) is 0 Å². The van der Waals surface area contributed by atoms with Crippen LogP contribution in [-0.2, 0) is 15.9 Å². The Labute approximate surface area is 232 Å². The topological polar surface area (TPSA) is 40.6 Å². The standard InChI is InChI=1S/C34H53NO3/c1-3-5-7-9-11-13-15-25-36-32-21-19-31(20-22-32)33-23-17-29(26-35-33)18-24-34-37-27-30(28-38-34)16-14-12-10-8-6-4-2/h17,19-23,26,30,34H,3-16,18,24-25,27-28H2,1-2H3. The Hall–Kier alpha value is -1.91. The number of unbranched alkanes of at least 4 members (excludes halogenated alkanes) is 11. The molecular formula is C34H53NO3. The summed E-state index contributed by atoms with van der Waals surface area (Å²) in [5.74, 6) is 1.51. The Balaban J connectivity index is 1.28. The van der Waals surface area contributed by atoms with Crippen molar-refractivity contribution in [1.82, 2.24) is 4.98 Å². The molecule has 0 atom stereocenters. The third-order valence-corrected chi connectivity index (χ3v) is 7.66. The summed E-state index contributed by atoms with van der Waals surface area (Å²) >= 11 is 0. The van der Waals surface area contributed by atoms with Crippen molar-refractivity contribution >= 4 is 0 Å². The number of benzene rings is 1. The third-order valence-electron chi connectivity index (χ3n) is 7.66. The number of aromatic nitrogens is 1. The molecule has 0 saturated carbocycles. The van der Waals surface area contributed by atoms with Gasteiger partial charge in [0.1, 0.15) is 5.75 Å². The summed E-state index contributed by atoms with van der Waals surface area (Å²) in [6.45, 7) is 7.02. The summed E-state index contributed by atoms with van der Waals surface area (Å²) in [5.41, 5.74) is 3.34. The van der Waals surface area contributed by atoms with E-state index >= 15 is 0 Å². The van der Waals surface area contributed by atoms with Crippen LogP contribution in [-0.4, -0.2) is 31.1 Å². The molecule has 212 valence electrons. The molecule has 1 saturated heterocycles. The molecule has 1 aromatic carbocycles. The Morgan fingerprint density at radius 2 is 1.34 bits per heavy atom. The van der Waals surface area contributed by atoms with Gasteiger partial charge in [-0.3, -0.25) is 4.98 Å². The highest BCUT2D eigenvalue weighted by Gasteiger charge is 2.21. The number of pyridine rings is 1. The minimum atomic E-state index is -0.0796. The molecule has 0 N–H and O–H groups in total. The Kier molecular flexibility index (Phi) is 15.5. The van der Waals surface area contributed by atoms with Gasteiger partial charge >= 0.3 is 0 Å². The van der Waals surface area contributed by atoms with Crippen molar-refractivity contribution in [2.45, 2.75) is 123 Å². The summed E-state index contributed by atoms with van der Waals surface area (Å²) in [4.78, 5) is 4.71. The van der Waals surface area contributed by atoms with E-state index in [2.05, 4.69) is 50.2 Å². The quantitative estimate of drug-likeness (QED) is 0.162. The zero-order valence-corrected chi connectivity index (χ0v) is 24.3. The van der Waals surface area contributed by atoms with E-state index in [1.807, 2.05) is 6.20 Å². The number of nitrogens with zero attached hydrogens (tertiary/aromatic N) is 1. The minimum absolute atomic E-state index is 0.0796. The van der Waals surface area contributed by atoms with Gasteiger partial charge in [0.25, 0.3) is 0 Å². The number of hydrogen-bond donors (Lipinski definition) is 0. The monoisotopic (exact) mass is 523 g/mol. The predicted molar refractivity (Wildman–Crippen MR) is 159 cm³/mol. The maximum atomic E-state index is 6.02. The van der Waals surface area contributed by atoms with Crippen molar-refractivity contribution in [3.05, 3.63) is 48.2 Å². The highest BCUT2D eigenvalue weighted by molar-refractivity contribution is 5.60. The van der Waals surface area contributed by atoms with E-state index in [-0.39, 0.29) is 6.29 Å². The Bertz CT molecular complexity index is 828. The first-order valence-corrected chi connectivity index (χ1v) is 15.7. The molecule has 0 aliphatic carbocycles. The fraction of sp³-hybridized carbons (Fsp3) is 0.676. The Morgan fingerprint density at radius 1 is 0.711 bits per heavy atom. The molecule has 4 heteroatoms. The molecule has 0 spiro atoms. The molecule has 1 aliphatic rings. The van der Waals surface area contributed by atoms with E-state index in [0.29, 0.717) is 5.92 Å². The van der Waals surface area contributed by atoms with Crippen LogP contribution < -0.4 is 4.74 Å². The second-order valence-corrected chi connectivity index (χ2v) is 11.1. The molecule has 0 unspecified atom stereocenters. The molecule has 2 aromatic rings. The zero-order valence-electron chi connectivity index (χ0n) is 24.3. The Morgan fingerprint density at radius 3 is 1.97 bits per heavy atom. The summed E-state index contributed by atoms with van der Waals surface area (Å²) in [5, 5.41) is 0. The molecular weight excluding hydrogens is 470 g/mol. The summed E-state index contributed by atoms with van der Waals surface area (Å²) in [6, 6.07) is 12.6. The van der Waals surface area contributed by atoms with Crippen molar-refractivity contribution < 1.29 is 14.2 Å². The third kappa shape index (κ3) is 12.3. The lowest BCUT2D eigenvalue weighted by molar-refractivity contribution is -0.203. The maximum absolute atomic E-state index is 6.02. The lowest BCUT2D eigenvalue weighted by Crippen LogP contribution is -2.32. The van der Waals surface area contributed by atoms with Crippen molar-refractivity contribution in [3.8, 4) is 17.0 Å². The molecule has 0 bridgehead atoms. The second-order valence-electron chi connectivity index (χ2n) is 11.1. The molecule has 1 aliphatic heterocycles. The van der Waals surface area contributed by atoms with Gasteiger partial charge in [-0.2, -0.15) is 0 Å². The lowest BCUT2D eigenvalue weighted by atomic mass is 10.0. The van der Waals surface area contributed by atoms with Crippen LogP contribution in [0.3, 0.4) is 0 Å². The predicted octanol–water partition coefficient (Wildman–Crippen LogP) is 9.55. The van der Waals surface area contributed by atoms with Gasteiger partial charge < -0.3 is 14.2 Å². The highest BCUT2D eigenvalue weighted by atomic mass is 16.7. The highest BCUT2D eigenvalue weighted by Crippen LogP contribution is 2.23. The molecule has 3 rings (SSSR count). The van der Waals surface area contributed by atoms with Crippen molar-refractivity contribution in [2.75, 3.05) is 19.8 Å². The molecule has 4 nitrogen and oxygen atoms in total. The van der Waals surface area contributed by atoms with Crippen LogP contribution >= 0.6 is 0 Å². The minimum Gasteiger partial charge on any atom is -0.494 e. The van der Waals surface area contributed by atoms with Gasteiger partial charge in [0.2, 0.25) is 0 Å². The number of hydrogen-bond acceptors (Lipinski definition) is 4. The van der Waals surface area contributed by atoms with Crippen LogP contribution in [0.15, 0.2) is 42.6 Å². The summed E-state index contributed by atoms with van der Waals surface area (Å²) in [6.07, 6.45) is 22.2. The fourth-order valence-corrected chi connectivity index (χ4v) is 5.13. The first-order chi connectivity index (χ1) is 18.8. The fourth-order valence-electron chi connectivity index (χ4n) is 5.13. The average Bonchev–Trinajstić information content (AvgIpc) is 2.96. The molecule has 1 aromatic heterocycles. The summed E-state index contributed by atoms with van der Waals surface area (Å²) < 4.78 is 18.0. The van der Waals surface area contributed by atoms with E-state index in [0.717, 1.165) is 56.1 Å². The van der Waals surface area contributed by atoms with Crippen LogP contribution in [0.4, 0.5) is 0 Å². The van der Waals surface area contributed by atoms with Crippen LogP contribution in [0.25, 0.3) is 11.3 Å². The number of rotatable bonds is 20. The molecule has 0 radical (unpaired) electrons. The van der Waals surface area contributed by atoms with E-state index in [9.17, 15) is 0 Å². The van der Waals surface area contributed by atoms with Crippen molar-refractivity contribution in [1.29, 1.82) is 0 Å². The van der Waals surface area contributed by atoms with E-state index in [1.54, 1.807) is 0 Å². The van der Waals surface area contributed by atoms with Crippen molar-refractivity contribution in [2.24, 2.45) is 5.92 Å². The van der Waals surface area contributed by atoms with Gasteiger partial charge in [0.05, 0.1) is 25.5 Å². The van der Waals surface area contributed by atoms with Gasteiger partial charge in [-0.25, -0.2) is 0 Å². The van der Waals surface area contributed by atoms with Crippen LogP contribution in [0.2, 0.25) is 0 Å². The van der Waals surface area contributed by atoms with Gasteiger partial charge in [0.15, 0.2) is 6.29 Å². The maximum Gasteiger partial charge on any atom is 0.157 e. The van der Waals surface area contributed by atoms with Gasteiger partial charge in [-0.1, -0.05) is 97.0 Å². The lowest BCUT2D eigenvalue weighted by Gasteiger charge is -2.29. The number of aryl methyl sites for hydroxylation is 1. The van der Waals surface area contributed by atoms with Crippen LogP contribution in [0.1, 0.15) is 116 Å². The van der Waals surface area contributed by atoms with Crippen LogP contribution in [0.5, 0.6) is 5.75 Å². The van der Waals surface area contributed by atoms with Gasteiger partial charge in [0, 0.05) is 24.1 Å². The molecule has 38 heavy (non-hydrogen) atoms. The van der Waals surface area contributed by atoms with Gasteiger partial charge in [-0.15, -0.1) is 0 Å². The normalized spacial score (nSPS) is 17.5. The van der Waals surface area contributed by atoms with Crippen LogP contribution in [0, 0.1) is 5.92 Å². The van der Waals surface area contributed by atoms with E-state index < -0.39 is 0 Å². The molecule has 1 fully saturated rings. The second kappa shape index (κ2) is 19.2. The molecule has 0 amide bonds. The SMILES string of the molecule is CCCCCCCCCOc1ccc(-c2ccc(CCC3OCC(CCCCCCCC)CO3)cn2)cc1. The van der Waals surface area contributed by atoms with E-state index in [1.165, 1.54) is 89.0 Å². The molecule has 2 heterocycles. The van der Waals surface area contributed by atoms with Gasteiger partial charge in [-0.05, 0) is 55.2 Å². The first kappa shape index (κ1) is 30.6. The largest absolute Gasteiger partial charge is 0.494 e. The van der Waals surface area contributed by atoms with E-state index in [4.69, 9.17) is 19.2 Å².